The predicted molar refractivity (Wildman–Crippen MR) is 121 cm³/mol. The molecule has 0 atom stereocenters. The van der Waals surface area contributed by atoms with E-state index < -0.39 is 11.7 Å². The van der Waals surface area contributed by atoms with Crippen LogP contribution >= 0.6 is 11.3 Å². The molecule has 0 unspecified atom stereocenters. The molecular weight excluding hydrogens is 402 g/mol. The SMILES string of the molecule is CCC(N)(CC)CCCOc1cc2nc(CNC(=O)OC(C)(C)C)sc2cc1OC. The summed E-state index contributed by atoms with van der Waals surface area (Å²) in [6.45, 7) is 10.6. The lowest BCUT2D eigenvalue weighted by molar-refractivity contribution is 0.0523. The number of benzene rings is 1. The molecule has 0 bridgehead atoms. The number of rotatable bonds is 10. The Balaban J connectivity index is 2.01. The van der Waals surface area contributed by atoms with E-state index in [9.17, 15) is 4.79 Å². The molecule has 1 aromatic carbocycles. The molecule has 0 aliphatic carbocycles. The molecule has 1 amide bonds. The highest BCUT2D eigenvalue weighted by atomic mass is 32.1. The van der Waals surface area contributed by atoms with Crippen molar-refractivity contribution in [2.75, 3.05) is 13.7 Å². The summed E-state index contributed by atoms with van der Waals surface area (Å²) in [7, 11) is 1.62. The van der Waals surface area contributed by atoms with Gasteiger partial charge in [-0.2, -0.15) is 0 Å². The largest absolute Gasteiger partial charge is 0.493 e. The number of thiazole rings is 1. The molecule has 0 spiro atoms. The Kier molecular flexibility index (Phi) is 8.32. The number of nitrogens with zero attached hydrogens (tertiary/aromatic N) is 1. The number of methoxy groups -OCH3 is 1. The number of nitrogens with two attached hydrogens (primary N) is 1. The Morgan fingerprint density at radius 3 is 2.50 bits per heavy atom. The Morgan fingerprint density at radius 2 is 1.90 bits per heavy atom. The van der Waals surface area contributed by atoms with Gasteiger partial charge in [-0.1, -0.05) is 13.8 Å². The summed E-state index contributed by atoms with van der Waals surface area (Å²) in [5.74, 6) is 1.33. The van der Waals surface area contributed by atoms with Crippen molar-refractivity contribution in [3.05, 3.63) is 17.1 Å². The zero-order valence-electron chi connectivity index (χ0n) is 19.0. The second-order valence-corrected chi connectivity index (χ2v) is 9.57. The average Bonchev–Trinajstić information content (AvgIpc) is 3.09. The van der Waals surface area contributed by atoms with Crippen LogP contribution in [0.25, 0.3) is 10.2 Å². The van der Waals surface area contributed by atoms with Gasteiger partial charge in [0.25, 0.3) is 0 Å². The van der Waals surface area contributed by atoms with Crippen LogP contribution < -0.4 is 20.5 Å². The van der Waals surface area contributed by atoms with Crippen LogP contribution in [0.15, 0.2) is 12.1 Å². The first-order valence-electron chi connectivity index (χ1n) is 10.4. The number of hydrogen-bond donors (Lipinski definition) is 2. The van der Waals surface area contributed by atoms with E-state index in [0.29, 0.717) is 24.7 Å². The third-order valence-corrected chi connectivity index (χ3v) is 6.00. The fourth-order valence-corrected chi connectivity index (χ4v) is 3.92. The molecule has 2 rings (SSSR count). The lowest BCUT2D eigenvalue weighted by atomic mass is 9.89. The zero-order valence-corrected chi connectivity index (χ0v) is 19.8. The maximum atomic E-state index is 11.9. The number of aromatic nitrogens is 1. The highest BCUT2D eigenvalue weighted by Gasteiger charge is 2.20. The fraction of sp³-hybridized carbons (Fsp3) is 0.636. The molecular formula is C22H35N3O4S. The van der Waals surface area contributed by atoms with Gasteiger partial charge in [-0.05, 0) is 46.5 Å². The van der Waals surface area contributed by atoms with Crippen molar-refractivity contribution in [3.63, 3.8) is 0 Å². The first kappa shape index (κ1) is 24.2. The maximum absolute atomic E-state index is 11.9. The van der Waals surface area contributed by atoms with Gasteiger partial charge < -0.3 is 25.3 Å². The van der Waals surface area contributed by atoms with Crippen LogP contribution in [0.4, 0.5) is 4.79 Å². The summed E-state index contributed by atoms with van der Waals surface area (Å²) in [5.41, 5.74) is 6.52. The number of amides is 1. The van der Waals surface area contributed by atoms with E-state index in [2.05, 4.69) is 24.1 Å². The average molecular weight is 438 g/mol. The van der Waals surface area contributed by atoms with Crippen LogP contribution in [0.1, 0.15) is 65.3 Å². The molecule has 30 heavy (non-hydrogen) atoms. The van der Waals surface area contributed by atoms with Crippen molar-refractivity contribution >= 4 is 27.6 Å². The number of carbonyl (C=O) groups excluding carboxylic acids is 1. The van der Waals surface area contributed by atoms with E-state index in [4.69, 9.17) is 19.9 Å². The second kappa shape index (κ2) is 10.3. The summed E-state index contributed by atoms with van der Waals surface area (Å²) in [4.78, 5) is 16.5. The predicted octanol–water partition coefficient (Wildman–Crippen LogP) is 5.01. The van der Waals surface area contributed by atoms with Gasteiger partial charge in [0.05, 0.1) is 30.5 Å². The Morgan fingerprint density at radius 1 is 1.20 bits per heavy atom. The van der Waals surface area contributed by atoms with Crippen LogP contribution in [0.5, 0.6) is 11.5 Å². The Labute approximate surface area is 183 Å². The normalized spacial score (nSPS) is 12.1. The van der Waals surface area contributed by atoms with Crippen molar-refractivity contribution < 1.29 is 19.0 Å². The minimum atomic E-state index is -0.533. The molecule has 0 saturated heterocycles. The molecule has 1 heterocycles. The molecule has 1 aromatic heterocycles. The monoisotopic (exact) mass is 437 g/mol. The first-order chi connectivity index (χ1) is 14.1. The molecule has 0 aliphatic heterocycles. The quantitative estimate of drug-likeness (QED) is 0.508. The molecule has 7 nitrogen and oxygen atoms in total. The van der Waals surface area contributed by atoms with Gasteiger partial charge >= 0.3 is 6.09 Å². The van der Waals surface area contributed by atoms with Crippen molar-refractivity contribution in [3.8, 4) is 11.5 Å². The van der Waals surface area contributed by atoms with Crippen molar-refractivity contribution in [2.45, 2.75) is 78.0 Å². The van der Waals surface area contributed by atoms with Gasteiger partial charge in [0.1, 0.15) is 10.6 Å². The fourth-order valence-electron chi connectivity index (χ4n) is 3.00. The highest BCUT2D eigenvalue weighted by Crippen LogP contribution is 2.35. The summed E-state index contributed by atoms with van der Waals surface area (Å²) in [6.07, 6.45) is 3.25. The highest BCUT2D eigenvalue weighted by molar-refractivity contribution is 7.18. The Hall–Kier alpha value is -2.06. The summed E-state index contributed by atoms with van der Waals surface area (Å²) in [6, 6.07) is 3.81. The molecule has 168 valence electrons. The van der Waals surface area contributed by atoms with E-state index in [1.165, 1.54) is 11.3 Å². The lowest BCUT2D eigenvalue weighted by Crippen LogP contribution is -2.38. The van der Waals surface area contributed by atoms with Gasteiger partial charge in [-0.3, -0.25) is 0 Å². The molecule has 0 saturated carbocycles. The molecule has 0 fully saturated rings. The molecule has 2 aromatic rings. The van der Waals surface area contributed by atoms with Gasteiger partial charge in [0.2, 0.25) is 0 Å². The first-order valence-corrected chi connectivity index (χ1v) is 11.3. The van der Waals surface area contributed by atoms with Gasteiger partial charge in [0.15, 0.2) is 11.5 Å². The summed E-state index contributed by atoms with van der Waals surface area (Å²) >= 11 is 1.50. The van der Waals surface area contributed by atoms with Crippen LogP contribution in [0.2, 0.25) is 0 Å². The molecule has 0 radical (unpaired) electrons. The van der Waals surface area contributed by atoms with Crippen molar-refractivity contribution in [1.29, 1.82) is 0 Å². The van der Waals surface area contributed by atoms with Gasteiger partial charge in [-0.15, -0.1) is 11.3 Å². The minimum absolute atomic E-state index is 0.123. The maximum Gasteiger partial charge on any atom is 0.408 e. The van der Waals surface area contributed by atoms with Gasteiger partial charge in [-0.25, -0.2) is 9.78 Å². The van der Waals surface area contributed by atoms with Crippen LogP contribution in [-0.4, -0.2) is 35.9 Å². The molecule has 0 aliphatic rings. The van der Waals surface area contributed by atoms with E-state index in [1.54, 1.807) is 7.11 Å². The van der Waals surface area contributed by atoms with E-state index in [1.807, 2.05) is 32.9 Å². The van der Waals surface area contributed by atoms with Crippen molar-refractivity contribution in [1.82, 2.24) is 10.3 Å². The molecule has 3 N–H and O–H groups in total. The lowest BCUT2D eigenvalue weighted by Gasteiger charge is -2.26. The number of alkyl carbamates (subject to hydrolysis) is 1. The van der Waals surface area contributed by atoms with E-state index in [-0.39, 0.29) is 5.54 Å². The molecule has 8 heteroatoms. The number of hydrogen-bond acceptors (Lipinski definition) is 7. The third-order valence-electron chi connectivity index (χ3n) is 4.99. The number of fused-ring (bicyclic) bond motifs is 1. The zero-order chi connectivity index (χ0) is 22.4. The van der Waals surface area contributed by atoms with Gasteiger partial charge in [0, 0.05) is 17.7 Å². The number of carbonyl (C=O) groups is 1. The van der Waals surface area contributed by atoms with Crippen molar-refractivity contribution in [2.24, 2.45) is 5.73 Å². The summed E-state index contributed by atoms with van der Waals surface area (Å²) in [5, 5.41) is 3.53. The minimum Gasteiger partial charge on any atom is -0.493 e. The Bertz CT molecular complexity index is 841. The van der Waals surface area contributed by atoms with Crippen LogP contribution in [0.3, 0.4) is 0 Å². The standard InChI is InChI=1S/C22H35N3O4S/c1-7-22(23,8-2)10-9-11-28-17-12-15-18(13-16(17)27-6)30-19(25-15)14-24-20(26)29-21(3,4)5/h12-13H,7-11,14,23H2,1-6H3,(H,24,26). The van der Waals surface area contributed by atoms with Crippen LogP contribution in [0, 0.1) is 0 Å². The summed E-state index contributed by atoms with van der Waals surface area (Å²) < 4.78 is 17.7. The second-order valence-electron chi connectivity index (χ2n) is 8.46. The third kappa shape index (κ3) is 7.02. The smallest absolute Gasteiger partial charge is 0.408 e. The van der Waals surface area contributed by atoms with E-state index >= 15 is 0 Å². The topological polar surface area (TPSA) is 95.7 Å². The van der Waals surface area contributed by atoms with E-state index in [0.717, 1.165) is 40.9 Å². The van der Waals surface area contributed by atoms with Crippen LogP contribution in [-0.2, 0) is 11.3 Å². The number of nitrogens with one attached hydrogen (secondary N) is 1. The number of ether oxygens (including phenoxy) is 3.